The quantitative estimate of drug-likeness (QED) is 0.576. The first kappa shape index (κ1) is 18.0. The molecule has 2 atom stereocenters. The van der Waals surface area contributed by atoms with E-state index in [-0.39, 0.29) is 11.4 Å². The highest BCUT2D eigenvalue weighted by molar-refractivity contribution is 5.76. The highest BCUT2D eigenvalue weighted by Gasteiger charge is 2.59. The van der Waals surface area contributed by atoms with Gasteiger partial charge in [0.25, 0.3) is 5.69 Å². The Labute approximate surface area is 161 Å². The summed E-state index contributed by atoms with van der Waals surface area (Å²) in [4.78, 5) is 23.5. The van der Waals surface area contributed by atoms with E-state index < -0.39 is 26.7 Å². The van der Waals surface area contributed by atoms with Crippen LogP contribution in [0.4, 0.5) is 17.1 Å². The van der Waals surface area contributed by atoms with Crippen molar-refractivity contribution < 1.29 is 14.6 Å². The summed E-state index contributed by atoms with van der Waals surface area (Å²) in [5.74, 6) is 0.0532. The van der Waals surface area contributed by atoms with E-state index in [9.17, 15) is 20.2 Å². The number of rotatable bonds is 3. The SMILES string of the molecule is CCC1(C)c2ccccc2N(C)C12C=Cc1cc([N+](=O)[O-])cc([N+](=O)[O-])c1O2. The van der Waals surface area contributed by atoms with E-state index in [1.807, 2.05) is 42.3 Å². The normalized spacial score (nSPS) is 24.6. The molecule has 0 amide bonds. The number of nitrogens with zero attached hydrogens (tertiary/aromatic N) is 3. The van der Waals surface area contributed by atoms with Crippen LogP contribution in [0.1, 0.15) is 31.4 Å². The molecule has 8 nitrogen and oxygen atoms in total. The second-order valence-corrected chi connectivity index (χ2v) is 7.29. The first-order chi connectivity index (χ1) is 13.2. The second kappa shape index (κ2) is 5.79. The Morgan fingerprint density at radius 2 is 1.86 bits per heavy atom. The smallest absolute Gasteiger partial charge is 0.318 e. The molecular weight excluding hydrogens is 362 g/mol. The van der Waals surface area contributed by atoms with Gasteiger partial charge in [-0.1, -0.05) is 25.1 Å². The lowest BCUT2D eigenvalue weighted by atomic mass is 9.72. The molecular formula is C20H19N3O5. The van der Waals surface area contributed by atoms with Gasteiger partial charge in [-0.05, 0) is 37.1 Å². The molecule has 0 aromatic heterocycles. The molecule has 0 aliphatic carbocycles. The summed E-state index contributed by atoms with van der Waals surface area (Å²) in [7, 11) is 1.90. The van der Waals surface area contributed by atoms with E-state index >= 15 is 0 Å². The van der Waals surface area contributed by atoms with Gasteiger partial charge in [-0.3, -0.25) is 20.2 Å². The number of ether oxygens (including phenoxy) is 1. The minimum atomic E-state index is -0.973. The van der Waals surface area contributed by atoms with E-state index in [0.717, 1.165) is 23.7 Å². The minimum Gasteiger partial charge on any atom is -0.456 e. The number of benzene rings is 2. The van der Waals surface area contributed by atoms with Gasteiger partial charge in [0.15, 0.2) is 0 Å². The summed E-state index contributed by atoms with van der Waals surface area (Å²) in [5.41, 5.74) is 0.227. The van der Waals surface area contributed by atoms with Gasteiger partial charge in [0, 0.05) is 24.4 Å². The molecule has 8 heteroatoms. The number of fused-ring (bicyclic) bond motifs is 2. The highest BCUT2D eigenvalue weighted by Crippen LogP contribution is 2.57. The van der Waals surface area contributed by atoms with Gasteiger partial charge < -0.3 is 9.64 Å². The second-order valence-electron chi connectivity index (χ2n) is 7.29. The Balaban J connectivity index is 1.94. The zero-order valence-corrected chi connectivity index (χ0v) is 15.7. The number of non-ortho nitro benzene ring substituents is 1. The first-order valence-electron chi connectivity index (χ1n) is 8.93. The minimum absolute atomic E-state index is 0.0532. The van der Waals surface area contributed by atoms with Gasteiger partial charge in [0.2, 0.25) is 11.5 Å². The van der Waals surface area contributed by atoms with Crippen molar-refractivity contribution in [3.05, 3.63) is 73.8 Å². The molecule has 144 valence electrons. The van der Waals surface area contributed by atoms with Crippen LogP contribution in [0.2, 0.25) is 0 Å². The zero-order valence-electron chi connectivity index (χ0n) is 15.7. The Morgan fingerprint density at radius 3 is 2.50 bits per heavy atom. The number of nitro benzene ring substituents is 2. The lowest BCUT2D eigenvalue weighted by Gasteiger charge is -2.46. The van der Waals surface area contributed by atoms with Crippen LogP contribution in [-0.4, -0.2) is 22.6 Å². The summed E-state index contributed by atoms with van der Waals surface area (Å²) in [6.07, 6.45) is 4.27. The first-order valence-corrected chi connectivity index (χ1v) is 8.93. The number of hydrogen-bond acceptors (Lipinski definition) is 6. The summed E-state index contributed by atoms with van der Waals surface area (Å²) in [6.45, 7) is 4.12. The number of nitro groups is 2. The van der Waals surface area contributed by atoms with Gasteiger partial charge in [-0.2, -0.15) is 0 Å². The Kier molecular flexibility index (Phi) is 3.71. The monoisotopic (exact) mass is 381 g/mol. The van der Waals surface area contributed by atoms with Crippen molar-refractivity contribution in [1.82, 2.24) is 0 Å². The molecule has 2 aromatic carbocycles. The van der Waals surface area contributed by atoms with E-state index in [1.165, 1.54) is 6.07 Å². The molecule has 2 unspecified atom stereocenters. The van der Waals surface area contributed by atoms with Crippen LogP contribution < -0.4 is 9.64 Å². The molecule has 2 aliphatic rings. The molecule has 0 N–H and O–H groups in total. The molecule has 28 heavy (non-hydrogen) atoms. The van der Waals surface area contributed by atoms with Crippen LogP contribution in [-0.2, 0) is 5.41 Å². The Morgan fingerprint density at radius 1 is 1.14 bits per heavy atom. The highest BCUT2D eigenvalue weighted by atomic mass is 16.6. The molecule has 2 aromatic rings. The van der Waals surface area contributed by atoms with Gasteiger partial charge in [-0.25, -0.2) is 0 Å². The van der Waals surface area contributed by atoms with Crippen LogP contribution in [0.25, 0.3) is 6.08 Å². The fraction of sp³-hybridized carbons (Fsp3) is 0.300. The van der Waals surface area contributed by atoms with Crippen LogP contribution >= 0.6 is 0 Å². The Hall–Kier alpha value is -3.42. The fourth-order valence-electron chi connectivity index (χ4n) is 4.38. The molecule has 2 aliphatic heterocycles. The summed E-state index contributed by atoms with van der Waals surface area (Å²) in [5, 5.41) is 22.8. The zero-order chi connectivity index (χ0) is 20.3. The van der Waals surface area contributed by atoms with Crippen molar-refractivity contribution >= 4 is 23.1 Å². The average Bonchev–Trinajstić information content (AvgIpc) is 2.87. The molecule has 0 fully saturated rings. The molecule has 2 heterocycles. The molecule has 0 saturated carbocycles. The lowest BCUT2D eigenvalue weighted by Crippen LogP contribution is -2.59. The van der Waals surface area contributed by atoms with Crippen molar-refractivity contribution in [3.63, 3.8) is 0 Å². The predicted octanol–water partition coefficient (Wildman–Crippen LogP) is 4.42. The van der Waals surface area contributed by atoms with Gasteiger partial charge in [0.1, 0.15) is 0 Å². The standard InChI is InChI=1S/C20H19N3O5/c1-4-19(2)15-7-5-6-8-16(15)21(3)20(19)10-9-13-11-14(22(24)25)12-17(23(26)27)18(13)28-20/h5-12H,4H2,1-3H3. The van der Waals surface area contributed by atoms with Crippen molar-refractivity contribution in [3.8, 4) is 5.75 Å². The van der Waals surface area contributed by atoms with Crippen LogP contribution in [0, 0.1) is 20.2 Å². The maximum absolute atomic E-state index is 11.6. The number of anilines is 1. The number of para-hydroxylation sites is 1. The van der Waals surface area contributed by atoms with Crippen molar-refractivity contribution in [2.75, 3.05) is 11.9 Å². The summed E-state index contributed by atoms with van der Waals surface area (Å²) in [6, 6.07) is 10.2. The molecule has 4 rings (SSSR count). The summed E-state index contributed by atoms with van der Waals surface area (Å²) >= 11 is 0. The van der Waals surface area contributed by atoms with Gasteiger partial charge in [-0.15, -0.1) is 0 Å². The van der Waals surface area contributed by atoms with Crippen LogP contribution in [0.5, 0.6) is 5.75 Å². The maximum Gasteiger partial charge on any atom is 0.318 e. The lowest BCUT2D eigenvalue weighted by molar-refractivity contribution is -0.395. The fourth-order valence-corrected chi connectivity index (χ4v) is 4.38. The van der Waals surface area contributed by atoms with Crippen LogP contribution in [0.3, 0.4) is 0 Å². The third-order valence-corrected chi connectivity index (χ3v) is 6.09. The largest absolute Gasteiger partial charge is 0.456 e. The third-order valence-electron chi connectivity index (χ3n) is 6.09. The van der Waals surface area contributed by atoms with E-state index in [0.29, 0.717) is 5.56 Å². The van der Waals surface area contributed by atoms with Gasteiger partial charge in [0.05, 0.1) is 21.3 Å². The van der Waals surface area contributed by atoms with Crippen molar-refractivity contribution in [2.45, 2.75) is 31.4 Å². The topological polar surface area (TPSA) is 98.8 Å². The van der Waals surface area contributed by atoms with Crippen LogP contribution in [0.15, 0.2) is 42.5 Å². The van der Waals surface area contributed by atoms with E-state index in [2.05, 4.69) is 13.8 Å². The third kappa shape index (κ3) is 2.11. The van der Waals surface area contributed by atoms with Gasteiger partial charge >= 0.3 is 5.69 Å². The predicted molar refractivity (Wildman–Crippen MR) is 105 cm³/mol. The number of likely N-dealkylation sites (N-methyl/N-ethyl adjacent to an activating group) is 1. The van der Waals surface area contributed by atoms with Crippen molar-refractivity contribution in [2.24, 2.45) is 0 Å². The van der Waals surface area contributed by atoms with E-state index in [1.54, 1.807) is 6.08 Å². The van der Waals surface area contributed by atoms with E-state index in [4.69, 9.17) is 4.74 Å². The number of hydrogen-bond donors (Lipinski definition) is 0. The molecule has 0 saturated heterocycles. The molecule has 0 radical (unpaired) electrons. The Bertz CT molecular complexity index is 1050. The molecule has 0 bridgehead atoms. The maximum atomic E-state index is 11.6. The van der Waals surface area contributed by atoms with Crippen molar-refractivity contribution in [1.29, 1.82) is 0 Å². The average molecular weight is 381 g/mol. The molecule has 1 spiro atoms. The summed E-state index contributed by atoms with van der Waals surface area (Å²) < 4.78 is 6.38.